The molecule has 0 bridgehead atoms. The fourth-order valence-corrected chi connectivity index (χ4v) is 3.07. The number of anilines is 2. The lowest BCUT2D eigenvalue weighted by Crippen LogP contribution is -2.37. The molecule has 0 spiro atoms. The second-order valence-corrected chi connectivity index (χ2v) is 7.45. The maximum absolute atomic E-state index is 13.0. The molecule has 1 amide bonds. The quantitative estimate of drug-likeness (QED) is 0.902. The van der Waals surface area contributed by atoms with E-state index in [4.69, 9.17) is 0 Å². The Hall–Kier alpha value is -2.41. The number of sulfonamides is 1. The molecule has 0 fully saturated rings. The third kappa shape index (κ3) is 4.32. The molecule has 0 aromatic heterocycles. The van der Waals surface area contributed by atoms with Gasteiger partial charge < -0.3 is 5.32 Å². The summed E-state index contributed by atoms with van der Waals surface area (Å²) in [6, 6.07) is 10.4. The minimum absolute atomic E-state index is 0.231. The van der Waals surface area contributed by atoms with Gasteiger partial charge in [0.1, 0.15) is 12.4 Å². The van der Waals surface area contributed by atoms with Gasteiger partial charge in [0.05, 0.1) is 11.9 Å². The van der Waals surface area contributed by atoms with Gasteiger partial charge in [-0.2, -0.15) is 0 Å². The summed E-state index contributed by atoms with van der Waals surface area (Å²) in [5.74, 6) is -0.953. The Morgan fingerprint density at radius 1 is 1.12 bits per heavy atom. The molecule has 2 aromatic carbocycles. The number of carbonyl (C=O) groups is 1. The van der Waals surface area contributed by atoms with Gasteiger partial charge in [0, 0.05) is 5.69 Å². The average molecular weight is 350 g/mol. The summed E-state index contributed by atoms with van der Waals surface area (Å²) >= 11 is 0. The molecule has 0 aliphatic heterocycles. The summed E-state index contributed by atoms with van der Waals surface area (Å²) in [5.41, 5.74) is 2.80. The van der Waals surface area contributed by atoms with Crippen LogP contribution in [0.3, 0.4) is 0 Å². The maximum atomic E-state index is 13.0. The summed E-state index contributed by atoms with van der Waals surface area (Å²) in [5, 5.41) is 2.72. The van der Waals surface area contributed by atoms with Gasteiger partial charge in [0.2, 0.25) is 15.9 Å². The van der Waals surface area contributed by atoms with Gasteiger partial charge in [-0.15, -0.1) is 0 Å². The van der Waals surface area contributed by atoms with E-state index in [9.17, 15) is 17.6 Å². The molecule has 24 heavy (non-hydrogen) atoms. The van der Waals surface area contributed by atoms with Gasteiger partial charge >= 0.3 is 0 Å². The fourth-order valence-electron chi connectivity index (χ4n) is 2.21. The van der Waals surface area contributed by atoms with Crippen LogP contribution < -0.4 is 9.62 Å². The Kier molecular flexibility index (Phi) is 5.23. The van der Waals surface area contributed by atoms with E-state index >= 15 is 0 Å². The van der Waals surface area contributed by atoms with Crippen molar-refractivity contribution in [3.8, 4) is 0 Å². The van der Waals surface area contributed by atoms with Crippen molar-refractivity contribution >= 4 is 27.3 Å². The normalized spacial score (nSPS) is 11.2. The first kappa shape index (κ1) is 17.9. The first-order valence-electron chi connectivity index (χ1n) is 7.28. The lowest BCUT2D eigenvalue weighted by atomic mass is 10.1. The molecule has 5 nitrogen and oxygen atoms in total. The highest BCUT2D eigenvalue weighted by atomic mass is 32.2. The second-order valence-electron chi connectivity index (χ2n) is 5.54. The Morgan fingerprint density at radius 3 is 2.33 bits per heavy atom. The van der Waals surface area contributed by atoms with Crippen LogP contribution in [0.25, 0.3) is 0 Å². The van der Waals surface area contributed by atoms with E-state index in [0.29, 0.717) is 5.69 Å². The molecule has 0 saturated carbocycles. The standard InChI is InChI=1S/C17H19FN2O3S/c1-12-5-4-6-16(13(12)2)19-17(21)11-20(24(3,22)23)15-9-7-14(18)8-10-15/h4-10H,11H2,1-3H3,(H,19,21). The van der Waals surface area contributed by atoms with Crippen LogP contribution in [0.1, 0.15) is 11.1 Å². The number of aryl methyl sites for hydroxylation is 1. The molecule has 0 atom stereocenters. The smallest absolute Gasteiger partial charge is 0.245 e. The van der Waals surface area contributed by atoms with Crippen molar-refractivity contribution in [2.75, 3.05) is 22.4 Å². The van der Waals surface area contributed by atoms with Crippen LogP contribution in [-0.2, 0) is 14.8 Å². The van der Waals surface area contributed by atoms with Gasteiger partial charge in [-0.25, -0.2) is 12.8 Å². The molecule has 0 radical (unpaired) electrons. The highest BCUT2D eigenvalue weighted by Crippen LogP contribution is 2.20. The molecule has 0 saturated heterocycles. The summed E-state index contributed by atoms with van der Waals surface area (Å²) in [6.07, 6.45) is 1.00. The minimum Gasteiger partial charge on any atom is -0.324 e. The molecule has 1 N–H and O–H groups in total. The lowest BCUT2D eigenvalue weighted by Gasteiger charge is -2.22. The predicted octanol–water partition coefficient (Wildman–Crippen LogP) is 2.85. The van der Waals surface area contributed by atoms with Gasteiger partial charge in [0.25, 0.3) is 0 Å². The van der Waals surface area contributed by atoms with Crippen LogP contribution in [0.4, 0.5) is 15.8 Å². The van der Waals surface area contributed by atoms with E-state index in [-0.39, 0.29) is 5.69 Å². The lowest BCUT2D eigenvalue weighted by molar-refractivity contribution is -0.114. The number of rotatable bonds is 5. The average Bonchev–Trinajstić information content (AvgIpc) is 2.49. The Balaban J connectivity index is 2.22. The first-order valence-corrected chi connectivity index (χ1v) is 9.12. The molecule has 128 valence electrons. The Bertz CT molecular complexity index is 849. The molecular weight excluding hydrogens is 331 g/mol. The zero-order valence-electron chi connectivity index (χ0n) is 13.7. The van der Waals surface area contributed by atoms with E-state index in [0.717, 1.165) is 33.8 Å². The van der Waals surface area contributed by atoms with Crippen LogP contribution in [0, 0.1) is 19.7 Å². The minimum atomic E-state index is -3.69. The van der Waals surface area contributed by atoms with Crippen molar-refractivity contribution in [3.63, 3.8) is 0 Å². The molecule has 0 aliphatic carbocycles. The van der Waals surface area contributed by atoms with Gasteiger partial charge in [-0.05, 0) is 55.3 Å². The number of amides is 1. The van der Waals surface area contributed by atoms with Crippen molar-refractivity contribution in [2.45, 2.75) is 13.8 Å². The van der Waals surface area contributed by atoms with Crippen molar-refractivity contribution in [1.82, 2.24) is 0 Å². The van der Waals surface area contributed by atoms with Crippen LogP contribution >= 0.6 is 0 Å². The zero-order valence-corrected chi connectivity index (χ0v) is 14.5. The number of benzene rings is 2. The molecular formula is C17H19FN2O3S. The summed E-state index contributed by atoms with van der Waals surface area (Å²) in [7, 11) is -3.69. The molecule has 0 unspecified atom stereocenters. The third-order valence-electron chi connectivity index (χ3n) is 3.68. The molecule has 0 aliphatic rings. The number of nitrogens with zero attached hydrogens (tertiary/aromatic N) is 1. The summed E-state index contributed by atoms with van der Waals surface area (Å²) < 4.78 is 37.9. The Morgan fingerprint density at radius 2 is 1.75 bits per heavy atom. The SMILES string of the molecule is Cc1cccc(NC(=O)CN(c2ccc(F)cc2)S(C)(=O)=O)c1C. The zero-order chi connectivity index (χ0) is 17.9. The molecule has 7 heteroatoms. The predicted molar refractivity (Wildman–Crippen MR) is 93.1 cm³/mol. The highest BCUT2D eigenvalue weighted by Gasteiger charge is 2.21. The monoisotopic (exact) mass is 350 g/mol. The van der Waals surface area contributed by atoms with E-state index in [2.05, 4.69) is 5.32 Å². The van der Waals surface area contributed by atoms with Gasteiger partial charge in [0.15, 0.2) is 0 Å². The van der Waals surface area contributed by atoms with Crippen molar-refractivity contribution in [2.24, 2.45) is 0 Å². The number of carbonyl (C=O) groups excluding carboxylic acids is 1. The van der Waals surface area contributed by atoms with Gasteiger partial charge in [-0.1, -0.05) is 12.1 Å². The van der Waals surface area contributed by atoms with Crippen LogP contribution in [-0.4, -0.2) is 27.1 Å². The van der Waals surface area contributed by atoms with E-state index in [1.165, 1.54) is 12.1 Å². The number of halogens is 1. The Labute approximate surface area is 141 Å². The molecule has 2 rings (SSSR count). The first-order chi connectivity index (χ1) is 11.2. The van der Waals surface area contributed by atoms with E-state index < -0.39 is 28.3 Å². The van der Waals surface area contributed by atoms with Crippen molar-refractivity contribution in [1.29, 1.82) is 0 Å². The number of nitrogens with one attached hydrogen (secondary N) is 1. The topological polar surface area (TPSA) is 66.5 Å². The number of hydrogen-bond acceptors (Lipinski definition) is 3. The van der Waals surface area contributed by atoms with Gasteiger partial charge in [-0.3, -0.25) is 9.10 Å². The van der Waals surface area contributed by atoms with Crippen LogP contribution in [0.15, 0.2) is 42.5 Å². The third-order valence-corrected chi connectivity index (χ3v) is 4.82. The largest absolute Gasteiger partial charge is 0.324 e. The highest BCUT2D eigenvalue weighted by molar-refractivity contribution is 7.92. The summed E-state index contributed by atoms with van der Waals surface area (Å²) in [6.45, 7) is 3.41. The maximum Gasteiger partial charge on any atom is 0.245 e. The number of hydrogen-bond donors (Lipinski definition) is 1. The van der Waals surface area contributed by atoms with Crippen molar-refractivity contribution in [3.05, 3.63) is 59.4 Å². The van der Waals surface area contributed by atoms with Crippen LogP contribution in [0.5, 0.6) is 0 Å². The summed E-state index contributed by atoms with van der Waals surface area (Å²) in [4.78, 5) is 12.3. The second kappa shape index (κ2) is 7.00. The molecule has 2 aromatic rings. The molecule has 0 heterocycles. The van der Waals surface area contributed by atoms with E-state index in [1.54, 1.807) is 6.07 Å². The van der Waals surface area contributed by atoms with Crippen LogP contribution in [0.2, 0.25) is 0 Å². The van der Waals surface area contributed by atoms with Crippen molar-refractivity contribution < 1.29 is 17.6 Å². The van der Waals surface area contributed by atoms with E-state index in [1.807, 2.05) is 26.0 Å². The fraction of sp³-hybridized carbons (Fsp3) is 0.235.